The number of rotatable bonds is 3. The predicted octanol–water partition coefficient (Wildman–Crippen LogP) is 4.95. The minimum atomic E-state index is 0.435. The molecule has 1 aliphatic heterocycles. The van der Waals surface area contributed by atoms with E-state index < -0.39 is 0 Å². The third kappa shape index (κ3) is 3.47. The van der Waals surface area contributed by atoms with E-state index in [2.05, 4.69) is 35.7 Å². The maximum atomic E-state index is 6.27. The highest BCUT2D eigenvalue weighted by atomic mass is 16.5. The Morgan fingerprint density at radius 3 is 2.35 bits per heavy atom. The normalized spacial score (nSPS) is 24.6. The summed E-state index contributed by atoms with van der Waals surface area (Å²) in [4.78, 5) is 0. The van der Waals surface area contributed by atoms with Crippen LogP contribution in [-0.4, -0.2) is 19.2 Å². The van der Waals surface area contributed by atoms with E-state index in [1.54, 1.807) is 0 Å². The second-order valence-electron chi connectivity index (χ2n) is 7.73. The molecule has 3 aliphatic rings. The van der Waals surface area contributed by atoms with Crippen LogP contribution < -0.4 is 10.1 Å². The van der Waals surface area contributed by atoms with E-state index in [0.29, 0.717) is 11.5 Å². The summed E-state index contributed by atoms with van der Waals surface area (Å²) in [5.41, 5.74) is 3.52. The Morgan fingerprint density at radius 1 is 0.957 bits per heavy atom. The van der Waals surface area contributed by atoms with Crippen molar-refractivity contribution in [1.82, 2.24) is 5.32 Å². The zero-order valence-electron chi connectivity index (χ0n) is 14.2. The Balaban J connectivity index is 1.33. The molecule has 2 heteroatoms. The maximum Gasteiger partial charge on any atom is 0.119 e. The summed E-state index contributed by atoms with van der Waals surface area (Å²) >= 11 is 0. The summed E-state index contributed by atoms with van der Waals surface area (Å²) in [6.45, 7) is 2.09. The van der Waals surface area contributed by atoms with E-state index in [-0.39, 0.29) is 0 Å². The van der Waals surface area contributed by atoms with Crippen molar-refractivity contribution >= 4 is 5.57 Å². The lowest BCUT2D eigenvalue weighted by atomic mass is 9.72. The fourth-order valence-electron chi connectivity index (χ4n) is 4.77. The van der Waals surface area contributed by atoms with Crippen molar-refractivity contribution in [3.8, 4) is 5.75 Å². The molecule has 1 N–H and O–H groups in total. The van der Waals surface area contributed by atoms with E-state index in [1.165, 1.54) is 62.5 Å². The lowest BCUT2D eigenvalue weighted by Crippen LogP contribution is -2.30. The molecule has 0 amide bonds. The van der Waals surface area contributed by atoms with Gasteiger partial charge in [-0.1, -0.05) is 31.1 Å². The summed E-state index contributed by atoms with van der Waals surface area (Å²) in [5, 5.41) is 3.37. The van der Waals surface area contributed by atoms with Crippen LogP contribution in [0.3, 0.4) is 0 Å². The monoisotopic (exact) mass is 311 g/mol. The number of hydrogen-bond donors (Lipinski definition) is 1. The Morgan fingerprint density at radius 2 is 1.70 bits per heavy atom. The van der Waals surface area contributed by atoms with Crippen molar-refractivity contribution in [2.24, 2.45) is 5.41 Å². The molecule has 0 saturated heterocycles. The van der Waals surface area contributed by atoms with Gasteiger partial charge in [-0.15, -0.1) is 0 Å². The minimum Gasteiger partial charge on any atom is -0.490 e. The summed E-state index contributed by atoms with van der Waals surface area (Å²) in [6, 6.07) is 8.79. The first-order valence-electron chi connectivity index (χ1n) is 9.50. The highest BCUT2D eigenvalue weighted by Crippen LogP contribution is 2.49. The number of ether oxygens (including phenoxy) is 1. The third-order valence-corrected chi connectivity index (χ3v) is 6.25. The van der Waals surface area contributed by atoms with Crippen molar-refractivity contribution in [2.45, 2.75) is 63.9 Å². The van der Waals surface area contributed by atoms with Crippen molar-refractivity contribution in [2.75, 3.05) is 13.1 Å². The van der Waals surface area contributed by atoms with Crippen LogP contribution in [0, 0.1) is 5.41 Å². The largest absolute Gasteiger partial charge is 0.490 e. The van der Waals surface area contributed by atoms with Crippen molar-refractivity contribution < 1.29 is 4.74 Å². The summed E-state index contributed by atoms with van der Waals surface area (Å²) in [5.74, 6) is 1.05. The van der Waals surface area contributed by atoms with Crippen molar-refractivity contribution in [3.63, 3.8) is 0 Å². The molecule has 1 heterocycles. The van der Waals surface area contributed by atoms with Gasteiger partial charge in [-0.2, -0.15) is 0 Å². The third-order valence-electron chi connectivity index (χ3n) is 6.25. The standard InChI is InChI=1S/C21H29NO/c1-2-12-21(11-1)13-7-20(8-14-21)23-19-5-3-17(4-6-19)18-9-15-22-16-10-18/h3-6,9,20,22H,1-2,7-8,10-16H2. The van der Waals surface area contributed by atoms with Crippen LogP contribution in [0.5, 0.6) is 5.75 Å². The first-order valence-corrected chi connectivity index (χ1v) is 9.50. The van der Waals surface area contributed by atoms with E-state index in [4.69, 9.17) is 4.74 Å². The highest BCUT2D eigenvalue weighted by Gasteiger charge is 2.37. The van der Waals surface area contributed by atoms with Gasteiger partial charge in [0.1, 0.15) is 5.75 Å². The number of benzene rings is 1. The Bertz CT molecular complexity index is 544. The topological polar surface area (TPSA) is 21.3 Å². The van der Waals surface area contributed by atoms with Crippen LogP contribution >= 0.6 is 0 Å². The average molecular weight is 311 g/mol. The first kappa shape index (κ1) is 15.3. The number of hydrogen-bond acceptors (Lipinski definition) is 2. The SMILES string of the molecule is C1=C(c2ccc(OC3CCC4(CCCC4)CC3)cc2)CCNC1. The van der Waals surface area contributed by atoms with Gasteiger partial charge in [0.05, 0.1) is 6.10 Å². The van der Waals surface area contributed by atoms with Crippen LogP contribution in [-0.2, 0) is 0 Å². The lowest BCUT2D eigenvalue weighted by molar-refractivity contribution is 0.0824. The average Bonchev–Trinajstić information content (AvgIpc) is 3.07. The molecule has 23 heavy (non-hydrogen) atoms. The van der Waals surface area contributed by atoms with E-state index in [0.717, 1.165) is 25.3 Å². The maximum absolute atomic E-state index is 6.27. The molecule has 1 aromatic carbocycles. The Hall–Kier alpha value is -1.28. The molecule has 0 radical (unpaired) electrons. The molecule has 0 unspecified atom stereocenters. The van der Waals surface area contributed by atoms with Crippen molar-refractivity contribution in [1.29, 1.82) is 0 Å². The fourth-order valence-corrected chi connectivity index (χ4v) is 4.77. The van der Waals surface area contributed by atoms with Gasteiger partial charge in [-0.05, 0) is 80.2 Å². The van der Waals surface area contributed by atoms with Gasteiger partial charge < -0.3 is 10.1 Å². The second-order valence-corrected chi connectivity index (χ2v) is 7.73. The molecular weight excluding hydrogens is 282 g/mol. The van der Waals surface area contributed by atoms with Gasteiger partial charge in [-0.3, -0.25) is 0 Å². The Kier molecular flexibility index (Phi) is 4.43. The Labute approximate surface area is 140 Å². The molecule has 0 aromatic heterocycles. The van der Waals surface area contributed by atoms with Crippen molar-refractivity contribution in [3.05, 3.63) is 35.9 Å². The minimum absolute atomic E-state index is 0.435. The van der Waals surface area contributed by atoms with Crippen LogP contribution in [0.2, 0.25) is 0 Å². The molecule has 2 nitrogen and oxygen atoms in total. The molecule has 2 saturated carbocycles. The van der Waals surface area contributed by atoms with Crippen LogP contribution in [0.1, 0.15) is 63.4 Å². The molecule has 2 aliphatic carbocycles. The van der Waals surface area contributed by atoms with Gasteiger partial charge in [0.25, 0.3) is 0 Å². The molecule has 0 bridgehead atoms. The molecule has 1 spiro atoms. The zero-order chi connectivity index (χ0) is 15.5. The van der Waals surface area contributed by atoms with E-state index in [1.807, 2.05) is 0 Å². The molecule has 4 rings (SSSR count). The van der Waals surface area contributed by atoms with Gasteiger partial charge in [0.15, 0.2) is 0 Å². The quantitative estimate of drug-likeness (QED) is 0.853. The molecule has 2 fully saturated rings. The smallest absolute Gasteiger partial charge is 0.119 e. The molecule has 124 valence electrons. The molecular formula is C21H29NO. The fraction of sp³-hybridized carbons (Fsp3) is 0.619. The first-order chi connectivity index (χ1) is 11.3. The lowest BCUT2D eigenvalue weighted by Gasteiger charge is -2.37. The summed E-state index contributed by atoms with van der Waals surface area (Å²) < 4.78 is 6.27. The number of nitrogens with one attached hydrogen (secondary N) is 1. The second kappa shape index (κ2) is 6.68. The van der Waals surface area contributed by atoms with Gasteiger partial charge in [0, 0.05) is 6.54 Å². The summed E-state index contributed by atoms with van der Waals surface area (Å²) in [6.07, 6.45) is 15.0. The van der Waals surface area contributed by atoms with Gasteiger partial charge >= 0.3 is 0 Å². The van der Waals surface area contributed by atoms with E-state index >= 15 is 0 Å². The van der Waals surface area contributed by atoms with Gasteiger partial charge in [0.2, 0.25) is 0 Å². The summed E-state index contributed by atoms with van der Waals surface area (Å²) in [7, 11) is 0. The van der Waals surface area contributed by atoms with Crippen LogP contribution in [0.4, 0.5) is 0 Å². The van der Waals surface area contributed by atoms with Crippen LogP contribution in [0.25, 0.3) is 5.57 Å². The zero-order valence-corrected chi connectivity index (χ0v) is 14.2. The molecule has 0 atom stereocenters. The highest BCUT2D eigenvalue weighted by molar-refractivity contribution is 5.67. The molecule has 1 aromatic rings. The predicted molar refractivity (Wildman–Crippen MR) is 95.7 cm³/mol. The van der Waals surface area contributed by atoms with Gasteiger partial charge in [-0.25, -0.2) is 0 Å². The van der Waals surface area contributed by atoms with Crippen LogP contribution in [0.15, 0.2) is 30.3 Å². The van der Waals surface area contributed by atoms with E-state index in [9.17, 15) is 0 Å².